The van der Waals surface area contributed by atoms with E-state index >= 15 is 0 Å². The van der Waals surface area contributed by atoms with Crippen LogP contribution in [0, 0.1) is 5.92 Å². The first-order valence-corrected chi connectivity index (χ1v) is 7.67. The van der Waals surface area contributed by atoms with Crippen molar-refractivity contribution in [2.45, 2.75) is 64.8 Å². The third-order valence-electron chi connectivity index (χ3n) is 4.13. The molecule has 1 saturated carbocycles. The van der Waals surface area contributed by atoms with Crippen molar-refractivity contribution in [1.29, 1.82) is 0 Å². The van der Waals surface area contributed by atoms with Gasteiger partial charge in [-0.1, -0.05) is 39.5 Å². The van der Waals surface area contributed by atoms with Crippen molar-refractivity contribution in [2.24, 2.45) is 5.92 Å². The zero-order valence-corrected chi connectivity index (χ0v) is 11.9. The number of furan rings is 1. The summed E-state index contributed by atoms with van der Waals surface area (Å²) in [6.07, 6.45) is 9.27. The minimum absolute atomic E-state index is 0.424. The fourth-order valence-corrected chi connectivity index (χ4v) is 3.12. The lowest BCUT2D eigenvalue weighted by Crippen LogP contribution is -2.27. The average molecular weight is 249 g/mol. The maximum Gasteiger partial charge on any atom is 0.121 e. The quantitative estimate of drug-likeness (QED) is 0.779. The van der Waals surface area contributed by atoms with Gasteiger partial charge in [0.25, 0.3) is 0 Å². The van der Waals surface area contributed by atoms with E-state index in [1.807, 2.05) is 0 Å². The van der Waals surface area contributed by atoms with Crippen molar-refractivity contribution < 1.29 is 4.42 Å². The van der Waals surface area contributed by atoms with Gasteiger partial charge in [0.1, 0.15) is 11.5 Å². The first kappa shape index (κ1) is 13.7. The van der Waals surface area contributed by atoms with Gasteiger partial charge in [-0.25, -0.2) is 0 Å². The molecular formula is C16H27NO. The summed E-state index contributed by atoms with van der Waals surface area (Å²) in [5.74, 6) is 3.02. The van der Waals surface area contributed by atoms with Crippen LogP contribution < -0.4 is 5.32 Å². The minimum atomic E-state index is 0.424. The second kappa shape index (κ2) is 6.98. The first-order chi connectivity index (χ1) is 8.85. The molecule has 2 nitrogen and oxygen atoms in total. The second-order valence-electron chi connectivity index (χ2n) is 5.44. The zero-order valence-electron chi connectivity index (χ0n) is 11.9. The predicted molar refractivity (Wildman–Crippen MR) is 75.7 cm³/mol. The highest BCUT2D eigenvalue weighted by Crippen LogP contribution is 2.34. The smallest absolute Gasteiger partial charge is 0.121 e. The van der Waals surface area contributed by atoms with Crippen LogP contribution >= 0.6 is 0 Å². The summed E-state index contributed by atoms with van der Waals surface area (Å²) >= 11 is 0. The minimum Gasteiger partial charge on any atom is -0.464 e. The molecule has 0 saturated heterocycles. The third kappa shape index (κ3) is 3.38. The second-order valence-corrected chi connectivity index (χ2v) is 5.44. The van der Waals surface area contributed by atoms with Crippen LogP contribution in [0.15, 0.2) is 16.5 Å². The normalized spacial score (nSPS) is 19.7. The highest BCUT2D eigenvalue weighted by Gasteiger charge is 2.25. The van der Waals surface area contributed by atoms with Crippen LogP contribution in [0.25, 0.3) is 0 Å². The number of hydrogen-bond donors (Lipinski definition) is 1. The molecule has 1 N–H and O–H groups in total. The molecule has 2 heteroatoms. The molecule has 0 radical (unpaired) electrons. The van der Waals surface area contributed by atoms with Gasteiger partial charge in [0.2, 0.25) is 0 Å². The van der Waals surface area contributed by atoms with E-state index in [1.165, 1.54) is 38.5 Å². The maximum atomic E-state index is 5.98. The Kier molecular flexibility index (Phi) is 5.30. The number of hydrogen-bond acceptors (Lipinski definition) is 2. The van der Waals surface area contributed by atoms with Crippen LogP contribution in [-0.4, -0.2) is 6.54 Å². The zero-order chi connectivity index (χ0) is 12.8. The molecule has 0 bridgehead atoms. The molecule has 1 aliphatic carbocycles. The van der Waals surface area contributed by atoms with Crippen molar-refractivity contribution >= 4 is 0 Å². The van der Waals surface area contributed by atoms with Crippen LogP contribution in [-0.2, 0) is 6.42 Å². The molecule has 18 heavy (non-hydrogen) atoms. The fraction of sp³-hybridized carbons (Fsp3) is 0.750. The highest BCUT2D eigenvalue weighted by molar-refractivity contribution is 5.12. The predicted octanol–water partition coefficient (Wildman–Crippen LogP) is 4.46. The SMILES string of the molecule is CCNC(c1ccc(CC)o1)C1CCCCCC1. The van der Waals surface area contributed by atoms with Gasteiger partial charge in [-0.15, -0.1) is 0 Å². The molecule has 0 amide bonds. The lowest BCUT2D eigenvalue weighted by atomic mass is 9.90. The number of nitrogens with one attached hydrogen (secondary N) is 1. The van der Waals surface area contributed by atoms with Crippen molar-refractivity contribution in [3.8, 4) is 0 Å². The van der Waals surface area contributed by atoms with Gasteiger partial charge in [0.15, 0.2) is 0 Å². The molecule has 1 heterocycles. The monoisotopic (exact) mass is 249 g/mol. The number of aryl methyl sites for hydroxylation is 1. The van der Waals surface area contributed by atoms with Gasteiger partial charge in [0.05, 0.1) is 6.04 Å². The molecule has 0 spiro atoms. The van der Waals surface area contributed by atoms with E-state index in [9.17, 15) is 0 Å². The molecule has 1 aromatic heterocycles. The van der Waals surface area contributed by atoms with E-state index in [0.29, 0.717) is 6.04 Å². The molecule has 102 valence electrons. The van der Waals surface area contributed by atoms with Crippen molar-refractivity contribution in [3.05, 3.63) is 23.7 Å². The van der Waals surface area contributed by atoms with Gasteiger partial charge in [-0.3, -0.25) is 0 Å². The molecule has 1 atom stereocenters. The molecule has 0 aromatic carbocycles. The van der Waals surface area contributed by atoms with Crippen LogP contribution in [0.5, 0.6) is 0 Å². The van der Waals surface area contributed by atoms with Crippen molar-refractivity contribution in [2.75, 3.05) is 6.54 Å². The molecule has 2 rings (SSSR count). The Morgan fingerprint density at radius 1 is 1.17 bits per heavy atom. The summed E-state index contributed by atoms with van der Waals surface area (Å²) in [4.78, 5) is 0. The Morgan fingerprint density at radius 2 is 1.89 bits per heavy atom. The molecule has 0 aliphatic heterocycles. The van der Waals surface area contributed by atoms with Gasteiger partial charge in [-0.2, -0.15) is 0 Å². The Hall–Kier alpha value is -0.760. The number of rotatable bonds is 5. The lowest BCUT2D eigenvalue weighted by molar-refractivity contribution is 0.282. The Morgan fingerprint density at radius 3 is 2.44 bits per heavy atom. The van der Waals surface area contributed by atoms with Crippen LogP contribution in [0.3, 0.4) is 0 Å². The fourth-order valence-electron chi connectivity index (χ4n) is 3.12. The van der Waals surface area contributed by atoms with Gasteiger partial charge in [0, 0.05) is 6.42 Å². The van der Waals surface area contributed by atoms with Crippen LogP contribution in [0.4, 0.5) is 0 Å². The third-order valence-corrected chi connectivity index (χ3v) is 4.13. The molecule has 1 aromatic rings. The summed E-state index contributed by atoms with van der Waals surface area (Å²) in [5.41, 5.74) is 0. The van der Waals surface area contributed by atoms with E-state index in [4.69, 9.17) is 4.42 Å². The Balaban J connectivity index is 2.10. The first-order valence-electron chi connectivity index (χ1n) is 7.67. The summed E-state index contributed by atoms with van der Waals surface area (Å²) in [6, 6.07) is 4.74. The Labute approximate surface area is 111 Å². The van der Waals surface area contributed by atoms with E-state index < -0.39 is 0 Å². The van der Waals surface area contributed by atoms with E-state index in [1.54, 1.807) is 0 Å². The molecule has 1 aliphatic rings. The standard InChI is InChI=1S/C16H27NO/c1-3-14-11-12-15(18-14)16(17-4-2)13-9-7-5-6-8-10-13/h11-13,16-17H,3-10H2,1-2H3. The topological polar surface area (TPSA) is 25.2 Å². The molecule has 1 unspecified atom stereocenters. The lowest BCUT2D eigenvalue weighted by Gasteiger charge is -2.25. The highest BCUT2D eigenvalue weighted by atomic mass is 16.3. The van der Waals surface area contributed by atoms with Crippen molar-refractivity contribution in [3.63, 3.8) is 0 Å². The summed E-state index contributed by atoms with van der Waals surface area (Å²) in [7, 11) is 0. The summed E-state index contributed by atoms with van der Waals surface area (Å²) in [5, 5.41) is 3.64. The van der Waals surface area contributed by atoms with Crippen LogP contribution in [0.2, 0.25) is 0 Å². The van der Waals surface area contributed by atoms with Crippen molar-refractivity contribution in [1.82, 2.24) is 5.32 Å². The molecular weight excluding hydrogens is 222 g/mol. The average Bonchev–Trinajstić information content (AvgIpc) is 2.70. The van der Waals surface area contributed by atoms with E-state index in [0.717, 1.165) is 30.4 Å². The van der Waals surface area contributed by atoms with Gasteiger partial charge >= 0.3 is 0 Å². The summed E-state index contributed by atoms with van der Waals surface area (Å²) in [6.45, 7) is 5.35. The van der Waals surface area contributed by atoms with Gasteiger partial charge < -0.3 is 9.73 Å². The molecule has 1 fully saturated rings. The largest absolute Gasteiger partial charge is 0.464 e. The maximum absolute atomic E-state index is 5.98. The summed E-state index contributed by atoms with van der Waals surface area (Å²) < 4.78 is 5.98. The van der Waals surface area contributed by atoms with E-state index in [-0.39, 0.29) is 0 Å². The Bertz CT molecular complexity index is 337. The van der Waals surface area contributed by atoms with Crippen LogP contribution in [0.1, 0.15) is 69.9 Å². The van der Waals surface area contributed by atoms with E-state index in [2.05, 4.69) is 31.3 Å². The van der Waals surface area contributed by atoms with Gasteiger partial charge in [-0.05, 0) is 37.4 Å².